The smallest absolute Gasteiger partial charge is 0.266 e. The number of aryl methyl sites for hydroxylation is 1. The van der Waals surface area contributed by atoms with Crippen molar-refractivity contribution in [1.82, 2.24) is 15.1 Å². The molecular weight excluding hydrogens is 479 g/mol. The van der Waals surface area contributed by atoms with Crippen molar-refractivity contribution >= 4 is 28.2 Å². The molecule has 9 heteroatoms. The standard InChI is InChI=1S/C28H32F3N5O/c1-15(18-9-6-10-19(24(18)29)25(30)31)32-26-21-13-23-22(12-20(21)16(2)33-34-26)28(3,4)27(37)36(23)14-17-8-7-11-35(17)5/h6,9-10,12-13,15,17,25H,7-8,11,14H2,1-5H3,(H,32,34)/t15-,17+/m1/s1. The number of carbonyl (C=O) groups is 1. The number of fused-ring (bicyclic) bond motifs is 2. The number of benzene rings is 2. The molecule has 2 atom stereocenters. The number of alkyl halides is 2. The molecule has 3 aromatic rings. The fraction of sp³-hybridized carbons (Fsp3) is 0.464. The summed E-state index contributed by atoms with van der Waals surface area (Å²) in [5.74, 6) is -0.458. The van der Waals surface area contributed by atoms with Crippen molar-refractivity contribution in [3.8, 4) is 0 Å². The Balaban J connectivity index is 1.57. The minimum absolute atomic E-state index is 0.0606. The quantitative estimate of drug-likeness (QED) is 0.446. The highest BCUT2D eigenvalue weighted by molar-refractivity contribution is 6.11. The van der Waals surface area contributed by atoms with Gasteiger partial charge in [0.2, 0.25) is 5.91 Å². The van der Waals surface area contributed by atoms with E-state index in [-0.39, 0.29) is 11.5 Å². The van der Waals surface area contributed by atoms with Crippen LogP contribution in [0.3, 0.4) is 0 Å². The molecule has 5 rings (SSSR count). The number of hydrogen-bond acceptors (Lipinski definition) is 5. The number of likely N-dealkylation sites (N-methyl/N-ethyl adjacent to an activating group) is 1. The lowest BCUT2D eigenvalue weighted by Crippen LogP contribution is -2.43. The molecule has 0 spiro atoms. The van der Waals surface area contributed by atoms with Gasteiger partial charge in [0.1, 0.15) is 5.82 Å². The molecule has 0 radical (unpaired) electrons. The maximum atomic E-state index is 14.8. The van der Waals surface area contributed by atoms with Gasteiger partial charge in [-0.15, -0.1) is 5.10 Å². The Bertz CT molecular complexity index is 1380. The fourth-order valence-electron chi connectivity index (χ4n) is 5.66. The Hall–Kier alpha value is -3.20. The molecule has 1 aromatic heterocycles. The van der Waals surface area contributed by atoms with Gasteiger partial charge in [-0.1, -0.05) is 18.2 Å². The summed E-state index contributed by atoms with van der Waals surface area (Å²) in [5, 5.41) is 13.4. The van der Waals surface area contributed by atoms with E-state index >= 15 is 0 Å². The summed E-state index contributed by atoms with van der Waals surface area (Å²) < 4.78 is 41.4. The largest absolute Gasteiger partial charge is 0.361 e. The van der Waals surface area contributed by atoms with E-state index < -0.39 is 29.3 Å². The van der Waals surface area contributed by atoms with Crippen molar-refractivity contribution in [2.24, 2.45) is 0 Å². The topological polar surface area (TPSA) is 61.4 Å². The summed E-state index contributed by atoms with van der Waals surface area (Å²) >= 11 is 0. The third kappa shape index (κ3) is 4.23. The van der Waals surface area contributed by atoms with Gasteiger partial charge in [0.25, 0.3) is 6.43 Å². The van der Waals surface area contributed by atoms with Gasteiger partial charge in [-0.25, -0.2) is 13.2 Å². The number of aromatic nitrogens is 2. The van der Waals surface area contributed by atoms with Crippen molar-refractivity contribution in [3.63, 3.8) is 0 Å². The van der Waals surface area contributed by atoms with Gasteiger partial charge in [0.05, 0.1) is 22.7 Å². The summed E-state index contributed by atoms with van der Waals surface area (Å²) in [5.41, 5.74) is 1.30. The monoisotopic (exact) mass is 511 g/mol. The first-order valence-electron chi connectivity index (χ1n) is 12.7. The van der Waals surface area contributed by atoms with Gasteiger partial charge in [-0.05, 0) is 71.8 Å². The van der Waals surface area contributed by atoms with Gasteiger partial charge in [-0.3, -0.25) is 4.79 Å². The van der Waals surface area contributed by atoms with E-state index in [0.717, 1.165) is 47.5 Å². The Morgan fingerprint density at radius 2 is 1.89 bits per heavy atom. The van der Waals surface area contributed by atoms with Crippen molar-refractivity contribution in [2.75, 3.05) is 30.4 Å². The lowest BCUT2D eigenvalue weighted by Gasteiger charge is -2.27. The van der Waals surface area contributed by atoms with Crippen LogP contribution < -0.4 is 10.2 Å². The minimum atomic E-state index is -2.90. The Morgan fingerprint density at radius 1 is 1.16 bits per heavy atom. The van der Waals surface area contributed by atoms with Crippen molar-refractivity contribution < 1.29 is 18.0 Å². The summed E-state index contributed by atoms with van der Waals surface area (Å²) in [4.78, 5) is 17.8. The van der Waals surface area contributed by atoms with Gasteiger partial charge in [-0.2, -0.15) is 5.10 Å². The number of carbonyl (C=O) groups excluding carboxylic acids is 1. The molecular formula is C28H32F3N5O. The Kier molecular flexibility index (Phi) is 6.38. The molecule has 0 saturated carbocycles. The third-order valence-corrected chi connectivity index (χ3v) is 8.00. The van der Waals surface area contributed by atoms with Crippen LogP contribution in [-0.2, 0) is 10.2 Å². The number of halogens is 3. The van der Waals surface area contributed by atoms with Crippen LogP contribution in [0.2, 0.25) is 0 Å². The average molecular weight is 512 g/mol. The number of hydrogen-bond donors (Lipinski definition) is 1. The zero-order chi connectivity index (χ0) is 26.6. The molecule has 0 unspecified atom stereocenters. The van der Waals surface area contributed by atoms with Gasteiger partial charge >= 0.3 is 0 Å². The molecule has 1 saturated heterocycles. The van der Waals surface area contributed by atoms with Crippen LogP contribution in [0.15, 0.2) is 30.3 Å². The molecule has 0 bridgehead atoms. The predicted molar refractivity (Wildman–Crippen MR) is 139 cm³/mol. The maximum absolute atomic E-state index is 14.8. The van der Waals surface area contributed by atoms with Crippen molar-refractivity contribution in [3.05, 3.63) is 58.5 Å². The minimum Gasteiger partial charge on any atom is -0.361 e. The van der Waals surface area contributed by atoms with Gasteiger partial charge < -0.3 is 15.1 Å². The highest BCUT2D eigenvalue weighted by atomic mass is 19.3. The molecule has 1 N–H and O–H groups in total. The number of nitrogens with one attached hydrogen (secondary N) is 1. The van der Waals surface area contributed by atoms with Gasteiger partial charge in [0.15, 0.2) is 5.82 Å². The summed E-state index contributed by atoms with van der Waals surface area (Å²) in [6.45, 7) is 9.08. The Labute approximate surface area is 214 Å². The van der Waals surface area contributed by atoms with Crippen LogP contribution >= 0.6 is 0 Å². The summed E-state index contributed by atoms with van der Waals surface area (Å²) in [6, 6.07) is 7.63. The first-order valence-corrected chi connectivity index (χ1v) is 12.7. The van der Waals surface area contributed by atoms with Crippen LogP contribution in [-0.4, -0.2) is 47.2 Å². The average Bonchev–Trinajstić information content (AvgIpc) is 3.34. The second-order valence-corrected chi connectivity index (χ2v) is 10.8. The van der Waals surface area contributed by atoms with E-state index in [0.29, 0.717) is 24.1 Å². The summed E-state index contributed by atoms with van der Waals surface area (Å²) in [7, 11) is 2.09. The highest BCUT2D eigenvalue weighted by Crippen LogP contribution is 2.45. The van der Waals surface area contributed by atoms with Crippen molar-refractivity contribution in [2.45, 2.75) is 64.5 Å². The molecule has 1 amide bonds. The van der Waals surface area contributed by atoms with E-state index in [1.165, 1.54) is 12.1 Å². The molecule has 2 aliphatic heterocycles. The third-order valence-electron chi connectivity index (χ3n) is 8.00. The number of rotatable bonds is 6. The number of anilines is 2. The zero-order valence-corrected chi connectivity index (χ0v) is 21.8. The van der Waals surface area contributed by atoms with E-state index in [1.54, 1.807) is 6.92 Å². The van der Waals surface area contributed by atoms with E-state index in [2.05, 4.69) is 27.5 Å². The molecule has 37 heavy (non-hydrogen) atoms. The second kappa shape index (κ2) is 9.28. The van der Waals surface area contributed by atoms with Crippen LogP contribution in [0.1, 0.15) is 68.5 Å². The number of amides is 1. The summed E-state index contributed by atoms with van der Waals surface area (Å²) in [6.07, 6.45) is -0.747. The molecule has 2 aromatic carbocycles. The molecule has 6 nitrogen and oxygen atoms in total. The number of likely N-dealkylation sites (tertiary alicyclic amines) is 1. The highest BCUT2D eigenvalue weighted by Gasteiger charge is 2.45. The zero-order valence-electron chi connectivity index (χ0n) is 21.8. The first kappa shape index (κ1) is 25.4. The molecule has 196 valence electrons. The normalized spacial score (nSPS) is 20.2. The molecule has 0 aliphatic carbocycles. The maximum Gasteiger partial charge on any atom is 0.266 e. The molecule has 1 fully saturated rings. The van der Waals surface area contributed by atoms with E-state index in [1.807, 2.05) is 37.8 Å². The predicted octanol–water partition coefficient (Wildman–Crippen LogP) is 5.91. The number of nitrogens with zero attached hydrogens (tertiary/aromatic N) is 4. The lowest BCUT2D eigenvalue weighted by molar-refractivity contribution is -0.122. The second-order valence-electron chi connectivity index (χ2n) is 10.8. The van der Waals surface area contributed by atoms with E-state index in [4.69, 9.17) is 0 Å². The van der Waals surface area contributed by atoms with Crippen LogP contribution in [0.4, 0.5) is 24.7 Å². The van der Waals surface area contributed by atoms with Crippen molar-refractivity contribution in [1.29, 1.82) is 0 Å². The fourth-order valence-corrected chi connectivity index (χ4v) is 5.66. The SMILES string of the molecule is Cc1nnc(N[C@H](C)c2cccc(C(F)F)c2F)c2cc3c(cc12)C(C)(C)C(=O)N3C[C@@H]1CCCN1C. The van der Waals surface area contributed by atoms with Crippen LogP contribution in [0, 0.1) is 12.7 Å². The molecule has 2 aliphatic rings. The lowest BCUT2D eigenvalue weighted by atomic mass is 9.85. The van der Waals surface area contributed by atoms with Crippen LogP contribution in [0.25, 0.3) is 10.8 Å². The van der Waals surface area contributed by atoms with Crippen LogP contribution in [0.5, 0.6) is 0 Å². The first-order chi connectivity index (χ1) is 17.5. The molecule has 3 heterocycles. The van der Waals surface area contributed by atoms with Gasteiger partial charge in [0, 0.05) is 34.6 Å². The Morgan fingerprint density at radius 3 is 2.57 bits per heavy atom. The van der Waals surface area contributed by atoms with E-state index in [9.17, 15) is 18.0 Å².